The molecule has 1 aromatic rings. The predicted octanol–water partition coefficient (Wildman–Crippen LogP) is 2.04. The molecule has 1 rings (SSSR count). The van der Waals surface area contributed by atoms with Gasteiger partial charge in [0.2, 0.25) is 0 Å². The lowest BCUT2D eigenvalue weighted by atomic mass is 10.0. The first kappa shape index (κ1) is 11.7. The molecular weight excluding hydrogens is 192 g/mol. The average Bonchev–Trinajstić information content (AvgIpc) is 2.28. The van der Waals surface area contributed by atoms with Gasteiger partial charge in [-0.1, -0.05) is 25.5 Å². The summed E-state index contributed by atoms with van der Waals surface area (Å²) in [5, 5.41) is 9.54. The third kappa shape index (κ3) is 3.06. The molecular formula is C12H16O3. The third-order valence-electron chi connectivity index (χ3n) is 2.22. The van der Waals surface area contributed by atoms with Crippen LogP contribution in [0.5, 0.6) is 5.75 Å². The number of ether oxygens (including phenoxy) is 1. The number of carbonyl (C=O) groups excluding carboxylic acids is 1. The molecule has 0 fully saturated rings. The van der Waals surface area contributed by atoms with Crippen LogP contribution in [0.1, 0.15) is 30.1 Å². The van der Waals surface area contributed by atoms with Gasteiger partial charge in [-0.2, -0.15) is 0 Å². The van der Waals surface area contributed by atoms with E-state index in [0.29, 0.717) is 17.7 Å². The Bertz CT molecular complexity index is 333. The summed E-state index contributed by atoms with van der Waals surface area (Å²) >= 11 is 0. The lowest BCUT2D eigenvalue weighted by Crippen LogP contribution is -2.19. The molecule has 0 spiro atoms. The van der Waals surface area contributed by atoms with Crippen molar-refractivity contribution in [3.05, 3.63) is 29.8 Å². The molecule has 0 amide bonds. The molecule has 1 aromatic carbocycles. The Morgan fingerprint density at radius 3 is 2.87 bits per heavy atom. The summed E-state index contributed by atoms with van der Waals surface area (Å²) in [5.41, 5.74) is 0.496. The van der Waals surface area contributed by atoms with Gasteiger partial charge in [0, 0.05) is 5.56 Å². The fraction of sp³-hybridized carbons (Fsp3) is 0.417. The van der Waals surface area contributed by atoms with Gasteiger partial charge in [-0.05, 0) is 18.6 Å². The molecule has 0 aromatic heterocycles. The Morgan fingerprint density at radius 1 is 1.53 bits per heavy atom. The maximum absolute atomic E-state index is 11.7. The highest BCUT2D eigenvalue weighted by atomic mass is 16.5. The summed E-state index contributed by atoms with van der Waals surface area (Å²) in [4.78, 5) is 11.7. The molecule has 82 valence electrons. The minimum atomic E-state index is -0.901. The van der Waals surface area contributed by atoms with Crippen LogP contribution in [0, 0.1) is 0 Å². The van der Waals surface area contributed by atoms with Gasteiger partial charge in [-0.25, -0.2) is 0 Å². The van der Waals surface area contributed by atoms with E-state index in [1.807, 2.05) is 6.92 Å². The van der Waals surface area contributed by atoms with E-state index >= 15 is 0 Å². The van der Waals surface area contributed by atoms with E-state index in [1.165, 1.54) is 0 Å². The van der Waals surface area contributed by atoms with Gasteiger partial charge in [0.15, 0.2) is 5.78 Å². The molecule has 0 saturated carbocycles. The number of aliphatic hydroxyl groups is 1. The molecule has 3 heteroatoms. The van der Waals surface area contributed by atoms with E-state index in [1.54, 1.807) is 31.4 Å². The Labute approximate surface area is 89.7 Å². The van der Waals surface area contributed by atoms with Crippen LogP contribution in [0.4, 0.5) is 0 Å². The third-order valence-corrected chi connectivity index (χ3v) is 2.22. The van der Waals surface area contributed by atoms with Crippen LogP contribution in [0.25, 0.3) is 0 Å². The van der Waals surface area contributed by atoms with Crippen LogP contribution >= 0.6 is 0 Å². The fourth-order valence-corrected chi connectivity index (χ4v) is 1.37. The van der Waals surface area contributed by atoms with Crippen LogP contribution < -0.4 is 4.74 Å². The zero-order valence-electron chi connectivity index (χ0n) is 9.06. The number of hydrogen-bond donors (Lipinski definition) is 1. The van der Waals surface area contributed by atoms with Crippen molar-refractivity contribution in [2.45, 2.75) is 25.9 Å². The minimum Gasteiger partial charge on any atom is -0.497 e. The molecule has 3 nitrogen and oxygen atoms in total. The molecule has 0 heterocycles. The highest BCUT2D eigenvalue weighted by Gasteiger charge is 2.16. The summed E-state index contributed by atoms with van der Waals surface area (Å²) in [5.74, 6) is 0.389. The topological polar surface area (TPSA) is 46.5 Å². The second-order valence-electron chi connectivity index (χ2n) is 3.40. The normalized spacial score (nSPS) is 12.2. The number of rotatable bonds is 5. The highest BCUT2D eigenvalue weighted by molar-refractivity contribution is 5.99. The minimum absolute atomic E-state index is 0.240. The molecule has 0 aliphatic rings. The molecule has 1 unspecified atom stereocenters. The van der Waals surface area contributed by atoms with E-state index in [2.05, 4.69) is 0 Å². The first-order chi connectivity index (χ1) is 7.19. The first-order valence-corrected chi connectivity index (χ1v) is 5.05. The average molecular weight is 208 g/mol. The fourth-order valence-electron chi connectivity index (χ4n) is 1.37. The van der Waals surface area contributed by atoms with E-state index in [0.717, 1.165) is 6.42 Å². The number of carbonyl (C=O) groups is 1. The standard InChI is InChI=1S/C12H16O3/c1-3-5-11(13)12(14)9-6-4-7-10(8-9)15-2/h4,6-8,11,13H,3,5H2,1-2H3. The smallest absolute Gasteiger partial charge is 0.191 e. The monoisotopic (exact) mass is 208 g/mol. The summed E-state index contributed by atoms with van der Waals surface area (Å²) in [6.45, 7) is 1.93. The summed E-state index contributed by atoms with van der Waals surface area (Å²) < 4.78 is 5.01. The van der Waals surface area contributed by atoms with Crippen LogP contribution in [-0.2, 0) is 0 Å². The Balaban J connectivity index is 2.81. The SMILES string of the molecule is CCCC(O)C(=O)c1cccc(OC)c1. The van der Waals surface area contributed by atoms with Gasteiger partial charge < -0.3 is 9.84 Å². The van der Waals surface area contributed by atoms with Crippen LogP contribution in [0.3, 0.4) is 0 Å². The molecule has 0 aliphatic heterocycles. The maximum atomic E-state index is 11.7. The highest BCUT2D eigenvalue weighted by Crippen LogP contribution is 2.15. The molecule has 0 aliphatic carbocycles. The summed E-state index contributed by atoms with van der Waals surface area (Å²) in [7, 11) is 1.55. The zero-order valence-corrected chi connectivity index (χ0v) is 9.06. The second-order valence-corrected chi connectivity index (χ2v) is 3.40. The summed E-state index contributed by atoms with van der Waals surface area (Å²) in [6, 6.07) is 6.83. The van der Waals surface area contributed by atoms with Crippen molar-refractivity contribution < 1.29 is 14.6 Å². The van der Waals surface area contributed by atoms with Crippen LogP contribution in [0.15, 0.2) is 24.3 Å². The van der Waals surface area contributed by atoms with Gasteiger partial charge in [0.1, 0.15) is 11.9 Å². The lowest BCUT2D eigenvalue weighted by Gasteiger charge is -2.08. The van der Waals surface area contributed by atoms with E-state index in [9.17, 15) is 9.90 Å². The van der Waals surface area contributed by atoms with E-state index in [4.69, 9.17) is 4.74 Å². The van der Waals surface area contributed by atoms with E-state index in [-0.39, 0.29) is 5.78 Å². The van der Waals surface area contributed by atoms with Gasteiger partial charge in [-0.3, -0.25) is 4.79 Å². The number of aliphatic hydroxyl groups excluding tert-OH is 1. The number of hydrogen-bond acceptors (Lipinski definition) is 3. The maximum Gasteiger partial charge on any atom is 0.191 e. The molecule has 0 bridgehead atoms. The largest absolute Gasteiger partial charge is 0.497 e. The number of benzene rings is 1. The molecule has 1 N–H and O–H groups in total. The number of Topliss-reactive ketones (excluding diaryl/α,β-unsaturated/α-hetero) is 1. The second kappa shape index (κ2) is 5.51. The first-order valence-electron chi connectivity index (χ1n) is 5.05. The molecule has 0 saturated heterocycles. The number of ketones is 1. The molecule has 15 heavy (non-hydrogen) atoms. The van der Waals surface area contributed by atoms with Crippen LogP contribution in [0.2, 0.25) is 0 Å². The Morgan fingerprint density at radius 2 is 2.27 bits per heavy atom. The van der Waals surface area contributed by atoms with Crippen molar-refractivity contribution in [2.75, 3.05) is 7.11 Å². The number of methoxy groups -OCH3 is 1. The van der Waals surface area contributed by atoms with Crippen molar-refractivity contribution in [1.29, 1.82) is 0 Å². The van der Waals surface area contributed by atoms with Crippen molar-refractivity contribution in [1.82, 2.24) is 0 Å². The Hall–Kier alpha value is -1.35. The van der Waals surface area contributed by atoms with Crippen LogP contribution in [-0.4, -0.2) is 24.1 Å². The van der Waals surface area contributed by atoms with Gasteiger partial charge >= 0.3 is 0 Å². The van der Waals surface area contributed by atoms with Crippen molar-refractivity contribution in [2.24, 2.45) is 0 Å². The zero-order chi connectivity index (χ0) is 11.3. The summed E-state index contributed by atoms with van der Waals surface area (Å²) in [6.07, 6.45) is 0.384. The van der Waals surface area contributed by atoms with Crippen molar-refractivity contribution >= 4 is 5.78 Å². The van der Waals surface area contributed by atoms with E-state index < -0.39 is 6.10 Å². The molecule has 0 radical (unpaired) electrons. The van der Waals surface area contributed by atoms with Crippen molar-refractivity contribution in [3.63, 3.8) is 0 Å². The Kier molecular flexibility index (Phi) is 4.31. The van der Waals surface area contributed by atoms with Gasteiger partial charge in [0.05, 0.1) is 7.11 Å². The van der Waals surface area contributed by atoms with Crippen molar-refractivity contribution in [3.8, 4) is 5.75 Å². The quantitative estimate of drug-likeness (QED) is 0.753. The van der Waals surface area contributed by atoms with Gasteiger partial charge in [-0.15, -0.1) is 0 Å². The van der Waals surface area contributed by atoms with Gasteiger partial charge in [0.25, 0.3) is 0 Å². The lowest BCUT2D eigenvalue weighted by molar-refractivity contribution is 0.0729. The molecule has 1 atom stereocenters. The predicted molar refractivity (Wildman–Crippen MR) is 58.2 cm³/mol.